The van der Waals surface area contributed by atoms with Crippen LogP contribution >= 0.6 is 0 Å². The number of ether oxygens (including phenoxy) is 1. The number of anilines is 1. The summed E-state index contributed by atoms with van der Waals surface area (Å²) < 4.78 is 82.7. The summed E-state index contributed by atoms with van der Waals surface area (Å²) in [6.07, 6.45) is -6.62. The van der Waals surface area contributed by atoms with Crippen LogP contribution in [0.2, 0.25) is 0 Å². The highest BCUT2D eigenvalue weighted by atomic mass is 19.4. The molecule has 0 aliphatic rings. The molecule has 0 saturated heterocycles. The molecule has 3 nitrogen and oxygen atoms in total. The number of nitrogens with two attached hydrogens (primary N) is 1. The zero-order chi connectivity index (χ0) is 22.5. The highest BCUT2D eigenvalue weighted by Gasteiger charge is 2.33. The maximum absolute atomic E-state index is 13.0. The van der Waals surface area contributed by atoms with Crippen molar-refractivity contribution in [3.8, 4) is 5.75 Å². The van der Waals surface area contributed by atoms with Crippen LogP contribution < -0.4 is 10.5 Å². The topological polar surface area (TPSA) is 48.1 Å². The van der Waals surface area contributed by atoms with Crippen molar-refractivity contribution in [2.45, 2.75) is 51.1 Å². The minimum absolute atomic E-state index is 0.0493. The van der Waals surface area contributed by atoms with Gasteiger partial charge in [0.25, 0.3) is 0 Å². The molecule has 2 N–H and O–H groups in total. The van der Waals surface area contributed by atoms with Crippen molar-refractivity contribution < 1.29 is 31.1 Å². The Morgan fingerprint density at radius 2 is 1.77 bits per heavy atom. The Labute approximate surface area is 170 Å². The maximum Gasteiger partial charge on any atom is 0.418 e. The number of nitrogen functional groups attached to an aromatic ring is 1. The first-order valence-corrected chi connectivity index (χ1v) is 9.26. The minimum Gasteiger partial charge on any atom is -0.490 e. The molecule has 2 rings (SSSR count). The molecule has 1 heterocycles. The third-order valence-corrected chi connectivity index (χ3v) is 4.46. The molecule has 0 saturated carbocycles. The van der Waals surface area contributed by atoms with Crippen molar-refractivity contribution in [3.63, 3.8) is 0 Å². The molecule has 1 unspecified atom stereocenters. The molecule has 0 bridgehead atoms. The van der Waals surface area contributed by atoms with E-state index in [4.69, 9.17) is 10.5 Å². The zero-order valence-electron chi connectivity index (χ0n) is 16.3. The third-order valence-electron chi connectivity index (χ3n) is 4.46. The molecule has 1 atom stereocenters. The van der Waals surface area contributed by atoms with Crippen molar-refractivity contribution in [1.29, 1.82) is 0 Å². The van der Waals surface area contributed by atoms with Gasteiger partial charge in [-0.15, -0.1) is 0 Å². The molecule has 9 heteroatoms. The van der Waals surface area contributed by atoms with Crippen molar-refractivity contribution in [2.75, 3.05) is 5.73 Å². The van der Waals surface area contributed by atoms with Gasteiger partial charge in [0.2, 0.25) is 0 Å². The van der Waals surface area contributed by atoms with E-state index in [2.05, 4.69) is 11.6 Å². The van der Waals surface area contributed by atoms with Gasteiger partial charge in [-0.1, -0.05) is 19.9 Å². The Morgan fingerprint density at radius 1 is 1.07 bits per heavy atom. The molecular weight excluding hydrogens is 410 g/mol. The van der Waals surface area contributed by atoms with Gasteiger partial charge in [0.05, 0.1) is 22.9 Å². The molecule has 0 aliphatic carbocycles. The summed E-state index contributed by atoms with van der Waals surface area (Å²) in [4.78, 5) is 3.80. The fourth-order valence-corrected chi connectivity index (χ4v) is 2.86. The number of alkyl halides is 6. The standard InChI is InChI=1S/C21H22F6N2O/c1-3-4-15(30-16-8-9-18(28)17(11-16)21(25,26)27)7-5-13(2)19-10-6-14(12-29-19)20(22,23)24/h6,8-12,15H,2-5,7,28H2,1H3. The quantitative estimate of drug-likeness (QED) is 0.371. The molecular formula is C21H22F6N2O. The lowest BCUT2D eigenvalue weighted by Gasteiger charge is -2.20. The number of hydrogen-bond donors (Lipinski definition) is 1. The molecule has 1 aromatic heterocycles. The normalized spacial score (nSPS) is 13.2. The summed E-state index contributed by atoms with van der Waals surface area (Å²) in [5, 5.41) is 0. The molecule has 0 radical (unpaired) electrons. The van der Waals surface area contributed by atoms with Crippen molar-refractivity contribution in [3.05, 3.63) is 59.9 Å². The van der Waals surface area contributed by atoms with E-state index in [0.717, 1.165) is 30.8 Å². The highest BCUT2D eigenvalue weighted by Crippen LogP contribution is 2.36. The van der Waals surface area contributed by atoms with Crippen molar-refractivity contribution in [1.82, 2.24) is 4.98 Å². The Hall–Kier alpha value is -2.71. The van der Waals surface area contributed by atoms with Crippen LogP contribution in [0, 0.1) is 0 Å². The number of hydrogen-bond acceptors (Lipinski definition) is 3. The van der Waals surface area contributed by atoms with Crippen LogP contribution in [0.3, 0.4) is 0 Å². The maximum atomic E-state index is 13.0. The molecule has 2 aromatic rings. The Bertz CT molecular complexity index is 859. The van der Waals surface area contributed by atoms with Gasteiger partial charge in [-0.25, -0.2) is 0 Å². The van der Waals surface area contributed by atoms with E-state index in [-0.39, 0.29) is 11.4 Å². The largest absolute Gasteiger partial charge is 0.490 e. The first kappa shape index (κ1) is 23.6. The van der Waals surface area contributed by atoms with E-state index < -0.39 is 29.6 Å². The number of halogens is 6. The zero-order valence-corrected chi connectivity index (χ0v) is 16.3. The average Bonchev–Trinajstić information content (AvgIpc) is 2.66. The smallest absolute Gasteiger partial charge is 0.418 e. The summed E-state index contributed by atoms with van der Waals surface area (Å²) in [6.45, 7) is 5.76. The van der Waals surface area contributed by atoms with Gasteiger partial charge in [-0.2, -0.15) is 26.3 Å². The molecule has 0 spiro atoms. The summed E-state index contributed by atoms with van der Waals surface area (Å²) in [5.74, 6) is 0.0493. The molecule has 164 valence electrons. The number of aromatic nitrogens is 1. The number of pyridine rings is 1. The second-order valence-corrected chi connectivity index (χ2v) is 6.85. The van der Waals surface area contributed by atoms with Crippen LogP contribution in [0.1, 0.15) is 49.4 Å². The third kappa shape index (κ3) is 6.40. The van der Waals surface area contributed by atoms with E-state index in [1.165, 1.54) is 12.1 Å². The van der Waals surface area contributed by atoms with Crippen LogP contribution in [0.5, 0.6) is 5.75 Å². The van der Waals surface area contributed by atoms with Crippen LogP contribution in [-0.4, -0.2) is 11.1 Å². The fraction of sp³-hybridized carbons (Fsp3) is 0.381. The van der Waals surface area contributed by atoms with E-state index in [0.29, 0.717) is 30.5 Å². The lowest BCUT2D eigenvalue weighted by atomic mass is 10.0. The number of rotatable bonds is 8. The predicted molar refractivity (Wildman–Crippen MR) is 103 cm³/mol. The minimum atomic E-state index is -4.59. The molecule has 0 aliphatic heterocycles. The highest BCUT2D eigenvalue weighted by molar-refractivity contribution is 5.60. The van der Waals surface area contributed by atoms with Gasteiger partial charge in [0, 0.05) is 11.9 Å². The number of benzene rings is 1. The van der Waals surface area contributed by atoms with Gasteiger partial charge < -0.3 is 10.5 Å². The van der Waals surface area contributed by atoms with Crippen LogP contribution in [-0.2, 0) is 12.4 Å². The van der Waals surface area contributed by atoms with Gasteiger partial charge in [0.15, 0.2) is 0 Å². The second kappa shape index (κ2) is 9.40. The lowest BCUT2D eigenvalue weighted by Crippen LogP contribution is -2.17. The summed E-state index contributed by atoms with van der Waals surface area (Å²) in [7, 11) is 0. The van der Waals surface area contributed by atoms with E-state index in [1.807, 2.05) is 6.92 Å². The Balaban J connectivity index is 2.05. The number of allylic oxidation sites excluding steroid dienone is 1. The van der Waals surface area contributed by atoms with E-state index in [9.17, 15) is 26.3 Å². The van der Waals surface area contributed by atoms with Crippen LogP contribution in [0.25, 0.3) is 5.57 Å². The summed E-state index contributed by atoms with van der Waals surface area (Å²) in [6, 6.07) is 5.56. The predicted octanol–water partition coefficient (Wildman–Crippen LogP) is 6.74. The van der Waals surface area contributed by atoms with Crippen molar-refractivity contribution in [2.24, 2.45) is 0 Å². The van der Waals surface area contributed by atoms with E-state index in [1.54, 1.807) is 0 Å². The monoisotopic (exact) mass is 432 g/mol. The lowest BCUT2D eigenvalue weighted by molar-refractivity contribution is -0.138. The van der Waals surface area contributed by atoms with Crippen LogP contribution in [0.15, 0.2) is 43.1 Å². The summed E-state index contributed by atoms with van der Waals surface area (Å²) >= 11 is 0. The summed E-state index contributed by atoms with van der Waals surface area (Å²) in [5.41, 5.74) is 4.04. The first-order valence-electron chi connectivity index (χ1n) is 9.26. The molecule has 0 amide bonds. The van der Waals surface area contributed by atoms with E-state index >= 15 is 0 Å². The van der Waals surface area contributed by atoms with Crippen LogP contribution in [0.4, 0.5) is 32.0 Å². The molecule has 0 fully saturated rings. The van der Waals surface area contributed by atoms with Gasteiger partial charge in [-0.3, -0.25) is 4.98 Å². The van der Waals surface area contributed by atoms with Gasteiger partial charge in [-0.05, 0) is 55.2 Å². The average molecular weight is 432 g/mol. The Kier molecular flexibility index (Phi) is 7.39. The van der Waals surface area contributed by atoms with Crippen molar-refractivity contribution >= 4 is 11.3 Å². The Morgan fingerprint density at radius 3 is 2.30 bits per heavy atom. The molecule has 1 aromatic carbocycles. The SMILES string of the molecule is C=C(CCC(CCC)Oc1ccc(N)c(C(F)(F)F)c1)c1ccc(C(F)(F)F)cn1. The second-order valence-electron chi connectivity index (χ2n) is 6.85. The van der Waals surface area contributed by atoms with Gasteiger partial charge in [0.1, 0.15) is 5.75 Å². The first-order chi connectivity index (χ1) is 13.9. The molecule has 30 heavy (non-hydrogen) atoms. The number of nitrogens with zero attached hydrogens (tertiary/aromatic N) is 1. The fourth-order valence-electron chi connectivity index (χ4n) is 2.86. The van der Waals surface area contributed by atoms with Gasteiger partial charge >= 0.3 is 12.4 Å².